The average molecular weight is 572 g/mol. The van der Waals surface area contributed by atoms with Gasteiger partial charge >= 0.3 is 0 Å². The number of hydrogen-bond donors (Lipinski definition) is 1. The summed E-state index contributed by atoms with van der Waals surface area (Å²) in [5.41, 5.74) is 2.08. The van der Waals surface area contributed by atoms with Crippen molar-refractivity contribution in [3.05, 3.63) is 147 Å². The quantitative estimate of drug-likeness (QED) is 0.117. The number of non-ortho nitro benzene ring substituents is 1. The van der Waals surface area contributed by atoms with E-state index in [2.05, 4.69) is 15.5 Å². The number of nitro benzene ring substituents is 1. The summed E-state index contributed by atoms with van der Waals surface area (Å²) in [6.45, 7) is 0. The molecule has 1 N–H and O–H groups in total. The number of rotatable bonds is 10. The molecule has 5 aromatic rings. The molecule has 1 amide bonds. The fourth-order valence-electron chi connectivity index (χ4n) is 4.23. The topological polar surface area (TPSA) is 103 Å². The summed E-state index contributed by atoms with van der Waals surface area (Å²) < 4.78 is 29.6. The maximum atomic E-state index is 14.5. The van der Waals surface area contributed by atoms with Crippen molar-refractivity contribution < 1.29 is 18.5 Å². The summed E-state index contributed by atoms with van der Waals surface area (Å²) in [4.78, 5) is 24.0. The van der Waals surface area contributed by atoms with Crippen molar-refractivity contribution in [2.45, 2.75) is 23.4 Å². The number of thioether (sulfide) groups is 1. The lowest BCUT2D eigenvalue weighted by Crippen LogP contribution is -2.32. The molecule has 41 heavy (non-hydrogen) atoms. The van der Waals surface area contributed by atoms with Gasteiger partial charge < -0.3 is 5.32 Å². The van der Waals surface area contributed by atoms with E-state index in [-0.39, 0.29) is 17.1 Å². The predicted octanol–water partition coefficient (Wildman–Crippen LogP) is 6.46. The van der Waals surface area contributed by atoms with Crippen LogP contribution >= 0.6 is 11.8 Å². The van der Waals surface area contributed by atoms with Crippen LogP contribution in [0.4, 0.5) is 14.5 Å². The first kappa shape index (κ1) is 27.7. The number of hydrogen-bond acceptors (Lipinski definition) is 6. The van der Waals surface area contributed by atoms with E-state index in [0.717, 1.165) is 11.1 Å². The Balaban J connectivity index is 1.56. The SMILES string of the molecule is O=C(NC(Cc1ccccc1)c1nnc(SCc2ccc(F)cc2)n1-c1ccc([N+](=O)[O-])cc1)c1ccccc1F. The number of carbonyl (C=O) groups is 1. The number of carbonyl (C=O) groups excluding carboxylic acids is 1. The zero-order valence-electron chi connectivity index (χ0n) is 21.5. The molecule has 1 atom stereocenters. The zero-order valence-corrected chi connectivity index (χ0v) is 22.3. The molecular weight excluding hydrogens is 548 g/mol. The highest BCUT2D eigenvalue weighted by molar-refractivity contribution is 7.98. The molecule has 1 heterocycles. The molecule has 0 aliphatic rings. The monoisotopic (exact) mass is 571 g/mol. The summed E-state index contributed by atoms with van der Waals surface area (Å²) in [7, 11) is 0. The van der Waals surface area contributed by atoms with Crippen LogP contribution in [0.5, 0.6) is 0 Å². The van der Waals surface area contributed by atoms with Crippen molar-refractivity contribution in [2.24, 2.45) is 0 Å². The van der Waals surface area contributed by atoms with Gasteiger partial charge in [-0.15, -0.1) is 10.2 Å². The van der Waals surface area contributed by atoms with Crippen LogP contribution in [0.25, 0.3) is 5.69 Å². The Kier molecular flexibility index (Phi) is 8.44. The summed E-state index contributed by atoms with van der Waals surface area (Å²) in [5.74, 6) is -0.826. The van der Waals surface area contributed by atoms with Gasteiger partial charge in [0.15, 0.2) is 11.0 Å². The molecule has 0 fully saturated rings. The Morgan fingerprint density at radius 2 is 1.56 bits per heavy atom. The predicted molar refractivity (Wildman–Crippen MR) is 151 cm³/mol. The van der Waals surface area contributed by atoms with Crippen LogP contribution in [0.15, 0.2) is 108 Å². The summed E-state index contributed by atoms with van der Waals surface area (Å²) in [6, 6.07) is 26.3. The first-order valence-corrected chi connectivity index (χ1v) is 13.5. The molecule has 1 unspecified atom stereocenters. The Hall–Kier alpha value is -4.90. The van der Waals surface area contributed by atoms with Gasteiger partial charge in [-0.05, 0) is 53.9 Å². The van der Waals surface area contributed by atoms with Gasteiger partial charge in [0.1, 0.15) is 11.6 Å². The number of nitro groups is 1. The van der Waals surface area contributed by atoms with Crippen LogP contribution < -0.4 is 5.32 Å². The Morgan fingerprint density at radius 3 is 2.24 bits per heavy atom. The summed E-state index contributed by atoms with van der Waals surface area (Å²) in [6.07, 6.45) is 0.314. The van der Waals surface area contributed by atoms with E-state index in [1.165, 1.54) is 54.2 Å². The number of amides is 1. The number of nitrogens with zero attached hydrogens (tertiary/aromatic N) is 4. The molecule has 8 nitrogen and oxygen atoms in total. The van der Waals surface area contributed by atoms with Gasteiger partial charge in [0.2, 0.25) is 0 Å². The molecule has 0 aliphatic heterocycles. The lowest BCUT2D eigenvalue weighted by molar-refractivity contribution is -0.384. The molecule has 0 radical (unpaired) electrons. The average Bonchev–Trinajstić information content (AvgIpc) is 3.41. The van der Waals surface area contributed by atoms with E-state index in [1.54, 1.807) is 34.9 Å². The molecule has 0 saturated heterocycles. The van der Waals surface area contributed by atoms with Gasteiger partial charge in [-0.1, -0.05) is 66.4 Å². The molecule has 0 bridgehead atoms. The van der Waals surface area contributed by atoms with Crippen LogP contribution in [0, 0.1) is 21.7 Å². The van der Waals surface area contributed by atoms with Crippen LogP contribution in [0.3, 0.4) is 0 Å². The van der Waals surface area contributed by atoms with Crippen molar-refractivity contribution in [1.29, 1.82) is 0 Å². The van der Waals surface area contributed by atoms with Crippen molar-refractivity contribution in [2.75, 3.05) is 0 Å². The maximum absolute atomic E-state index is 14.5. The minimum atomic E-state index is -0.743. The van der Waals surface area contributed by atoms with E-state index >= 15 is 0 Å². The van der Waals surface area contributed by atoms with Gasteiger partial charge in [-0.25, -0.2) is 8.78 Å². The highest BCUT2D eigenvalue weighted by atomic mass is 32.2. The Morgan fingerprint density at radius 1 is 0.878 bits per heavy atom. The lowest BCUT2D eigenvalue weighted by Gasteiger charge is -2.20. The second-order valence-corrected chi connectivity index (χ2v) is 10.0. The number of aromatic nitrogens is 3. The molecule has 1 aromatic heterocycles. The van der Waals surface area contributed by atoms with Gasteiger partial charge in [-0.2, -0.15) is 0 Å². The second kappa shape index (κ2) is 12.5. The van der Waals surface area contributed by atoms with E-state index in [0.29, 0.717) is 28.8 Å². The van der Waals surface area contributed by atoms with E-state index in [1.807, 2.05) is 30.3 Å². The highest BCUT2D eigenvalue weighted by Gasteiger charge is 2.26. The van der Waals surface area contributed by atoms with Crippen molar-refractivity contribution in [3.8, 4) is 5.69 Å². The number of benzene rings is 4. The largest absolute Gasteiger partial charge is 0.342 e. The van der Waals surface area contributed by atoms with Crippen molar-refractivity contribution in [1.82, 2.24) is 20.1 Å². The first-order chi connectivity index (χ1) is 19.9. The van der Waals surface area contributed by atoms with Gasteiger partial charge in [0.25, 0.3) is 11.6 Å². The molecule has 4 aromatic carbocycles. The van der Waals surface area contributed by atoms with Crippen LogP contribution in [0.2, 0.25) is 0 Å². The third kappa shape index (κ3) is 6.64. The van der Waals surface area contributed by atoms with Crippen LogP contribution in [-0.4, -0.2) is 25.6 Å². The molecular formula is C30H23F2N5O3S. The van der Waals surface area contributed by atoms with E-state index in [4.69, 9.17) is 0 Å². The van der Waals surface area contributed by atoms with Gasteiger partial charge in [-0.3, -0.25) is 19.5 Å². The van der Waals surface area contributed by atoms with Crippen molar-refractivity contribution >= 4 is 23.4 Å². The smallest absolute Gasteiger partial charge is 0.269 e. The molecule has 0 aliphatic carbocycles. The lowest BCUT2D eigenvalue weighted by atomic mass is 10.0. The van der Waals surface area contributed by atoms with Gasteiger partial charge in [0.05, 0.1) is 16.5 Å². The Labute approximate surface area is 238 Å². The molecule has 0 spiro atoms. The first-order valence-electron chi connectivity index (χ1n) is 12.6. The fourth-order valence-corrected chi connectivity index (χ4v) is 5.15. The fraction of sp³-hybridized carbons (Fsp3) is 0.100. The number of halogens is 2. The molecule has 5 rings (SSSR count). The summed E-state index contributed by atoms with van der Waals surface area (Å²) in [5, 5.41) is 23.5. The summed E-state index contributed by atoms with van der Waals surface area (Å²) >= 11 is 1.33. The van der Waals surface area contributed by atoms with E-state index in [9.17, 15) is 23.7 Å². The van der Waals surface area contributed by atoms with Crippen molar-refractivity contribution in [3.63, 3.8) is 0 Å². The molecule has 11 heteroatoms. The third-order valence-corrected chi connectivity index (χ3v) is 7.28. The van der Waals surface area contributed by atoms with Gasteiger partial charge in [0, 0.05) is 23.6 Å². The highest BCUT2D eigenvalue weighted by Crippen LogP contribution is 2.30. The second-order valence-electron chi connectivity index (χ2n) is 9.06. The third-order valence-electron chi connectivity index (χ3n) is 6.28. The standard InChI is InChI=1S/C30H23F2N5O3S/c31-22-12-10-21(11-13-22)19-41-30-35-34-28(36(30)23-14-16-24(17-15-23)37(39)40)27(18-20-6-2-1-3-7-20)33-29(38)25-8-4-5-9-26(25)32/h1-17,27H,18-19H2,(H,33,38). The van der Waals surface area contributed by atoms with Crippen LogP contribution in [-0.2, 0) is 12.2 Å². The maximum Gasteiger partial charge on any atom is 0.269 e. The normalized spacial score (nSPS) is 11.7. The number of nitrogens with one attached hydrogen (secondary N) is 1. The zero-order chi connectivity index (χ0) is 28.8. The minimum Gasteiger partial charge on any atom is -0.342 e. The van der Waals surface area contributed by atoms with Crippen LogP contribution in [0.1, 0.15) is 33.4 Å². The van der Waals surface area contributed by atoms with E-state index < -0.39 is 22.7 Å². The molecule has 206 valence electrons. The minimum absolute atomic E-state index is 0.0856. The Bertz CT molecular complexity index is 1660. The molecule has 0 saturated carbocycles.